The Morgan fingerprint density at radius 2 is 2.06 bits per heavy atom. The average molecular weight is 266 g/mol. The molecular weight excluding hydrogens is 254 g/mol. The smallest absolute Gasteiger partial charge is 0.248 e. The highest BCUT2D eigenvalue weighted by atomic mass is 35.5. The summed E-state index contributed by atoms with van der Waals surface area (Å²) in [4.78, 5) is 19.6. The van der Waals surface area contributed by atoms with Crippen LogP contribution in [0.2, 0.25) is 5.02 Å². The van der Waals surface area contributed by atoms with Crippen LogP contribution >= 0.6 is 11.6 Å². The molecule has 0 spiro atoms. The summed E-state index contributed by atoms with van der Waals surface area (Å²) in [5, 5.41) is 7.34. The normalized spacial score (nSPS) is 10.4. The molecule has 6 nitrogen and oxygen atoms in total. The summed E-state index contributed by atoms with van der Waals surface area (Å²) < 4.78 is 1.55. The number of rotatable bonds is 3. The van der Waals surface area contributed by atoms with Gasteiger partial charge in [0.15, 0.2) is 0 Å². The summed E-state index contributed by atoms with van der Waals surface area (Å²) in [5.74, 6) is 0.0265. The van der Waals surface area contributed by atoms with Crippen molar-refractivity contribution in [3.05, 3.63) is 34.9 Å². The number of nitrogens with one attached hydrogen (secondary N) is 1. The molecule has 0 radical (unpaired) electrons. The number of nitrogens with zero attached hydrogens (tertiary/aromatic N) is 4. The van der Waals surface area contributed by atoms with Gasteiger partial charge in [-0.15, -0.1) is 0 Å². The predicted molar refractivity (Wildman–Crippen MR) is 67.4 cm³/mol. The first-order chi connectivity index (χ1) is 8.58. The fraction of sp³-hybridized carbons (Fsp3) is 0.273. The second-order valence-electron chi connectivity index (χ2n) is 3.76. The zero-order chi connectivity index (χ0) is 13.1. The maximum atomic E-state index is 11.8. The monoisotopic (exact) mass is 265 g/mol. The van der Waals surface area contributed by atoms with E-state index >= 15 is 0 Å². The summed E-state index contributed by atoms with van der Waals surface area (Å²) in [6, 6.07) is 1.68. The van der Waals surface area contributed by atoms with E-state index in [1.807, 2.05) is 6.92 Å². The lowest BCUT2D eigenvalue weighted by Gasteiger charge is -2.04. The van der Waals surface area contributed by atoms with Crippen molar-refractivity contribution in [3.63, 3.8) is 0 Å². The molecule has 0 aliphatic carbocycles. The van der Waals surface area contributed by atoms with E-state index in [2.05, 4.69) is 20.4 Å². The summed E-state index contributed by atoms with van der Waals surface area (Å²) >= 11 is 6.00. The molecule has 0 bridgehead atoms. The second-order valence-corrected chi connectivity index (χ2v) is 4.14. The van der Waals surface area contributed by atoms with E-state index in [0.29, 0.717) is 10.7 Å². The molecule has 1 amide bonds. The van der Waals surface area contributed by atoms with Gasteiger partial charge in [-0.25, -0.2) is 9.97 Å². The lowest BCUT2D eigenvalue weighted by Crippen LogP contribution is -2.21. The Morgan fingerprint density at radius 3 is 2.61 bits per heavy atom. The highest BCUT2D eigenvalue weighted by molar-refractivity contribution is 6.31. The van der Waals surface area contributed by atoms with Crippen molar-refractivity contribution in [1.29, 1.82) is 0 Å². The largest absolute Gasteiger partial charge is 0.293 e. The Balaban J connectivity index is 2.06. The SMILES string of the molecule is Cc1nn(CC(=O)Nc2ncccn2)c(C)c1Cl. The molecule has 0 atom stereocenters. The number of hydrogen-bond donors (Lipinski definition) is 1. The molecular formula is C11H12ClN5O. The van der Waals surface area contributed by atoms with Gasteiger partial charge in [0.25, 0.3) is 0 Å². The molecule has 2 aromatic heterocycles. The number of hydrogen-bond acceptors (Lipinski definition) is 4. The molecule has 18 heavy (non-hydrogen) atoms. The minimum absolute atomic E-state index is 0.0810. The first-order valence-electron chi connectivity index (χ1n) is 5.34. The third-order valence-electron chi connectivity index (χ3n) is 2.40. The van der Waals surface area contributed by atoms with Crippen molar-refractivity contribution in [2.45, 2.75) is 20.4 Å². The number of carbonyl (C=O) groups is 1. The van der Waals surface area contributed by atoms with Crippen LogP contribution in [0.1, 0.15) is 11.4 Å². The van der Waals surface area contributed by atoms with Gasteiger partial charge in [0.2, 0.25) is 11.9 Å². The van der Waals surface area contributed by atoms with Gasteiger partial charge in [0, 0.05) is 12.4 Å². The van der Waals surface area contributed by atoms with Crippen LogP contribution in [-0.2, 0) is 11.3 Å². The Morgan fingerprint density at radius 1 is 1.39 bits per heavy atom. The molecule has 0 unspecified atom stereocenters. The molecule has 0 aromatic carbocycles. The van der Waals surface area contributed by atoms with Crippen LogP contribution in [0.15, 0.2) is 18.5 Å². The van der Waals surface area contributed by atoms with E-state index in [9.17, 15) is 4.79 Å². The minimum Gasteiger partial charge on any atom is -0.293 e. The summed E-state index contributed by atoms with van der Waals surface area (Å²) in [7, 11) is 0. The summed E-state index contributed by atoms with van der Waals surface area (Å²) in [6.07, 6.45) is 3.12. The van der Waals surface area contributed by atoms with Crippen LogP contribution in [0.5, 0.6) is 0 Å². The predicted octanol–water partition coefficient (Wildman–Crippen LogP) is 1.58. The number of carbonyl (C=O) groups excluding carboxylic acids is 1. The highest BCUT2D eigenvalue weighted by Gasteiger charge is 2.12. The molecule has 7 heteroatoms. The van der Waals surface area contributed by atoms with E-state index < -0.39 is 0 Å². The minimum atomic E-state index is -0.247. The molecule has 2 aromatic rings. The van der Waals surface area contributed by atoms with E-state index in [0.717, 1.165) is 5.69 Å². The number of amides is 1. The summed E-state index contributed by atoms with van der Waals surface area (Å²) in [6.45, 7) is 3.69. The number of halogens is 1. The standard InChI is InChI=1S/C11H12ClN5O/c1-7-10(12)8(2)17(16-7)6-9(18)15-11-13-4-3-5-14-11/h3-5H,6H2,1-2H3,(H,13,14,15,18). The molecule has 2 rings (SSSR count). The van der Waals surface area contributed by atoms with Crippen LogP contribution < -0.4 is 5.32 Å². The lowest BCUT2D eigenvalue weighted by atomic mass is 10.4. The molecule has 0 fully saturated rings. The zero-order valence-electron chi connectivity index (χ0n) is 10.0. The Bertz CT molecular complexity index is 566. The highest BCUT2D eigenvalue weighted by Crippen LogP contribution is 2.18. The maximum absolute atomic E-state index is 11.8. The van der Waals surface area contributed by atoms with Gasteiger partial charge in [-0.2, -0.15) is 5.10 Å². The van der Waals surface area contributed by atoms with E-state index in [-0.39, 0.29) is 18.4 Å². The van der Waals surface area contributed by atoms with E-state index in [1.165, 1.54) is 0 Å². The quantitative estimate of drug-likeness (QED) is 0.915. The summed E-state index contributed by atoms with van der Waals surface area (Å²) in [5.41, 5.74) is 1.47. The molecule has 0 aliphatic heterocycles. The molecule has 0 saturated heterocycles. The van der Waals surface area contributed by atoms with Crippen molar-refractivity contribution in [3.8, 4) is 0 Å². The fourth-order valence-corrected chi connectivity index (χ4v) is 1.63. The van der Waals surface area contributed by atoms with Gasteiger partial charge in [0.05, 0.1) is 16.4 Å². The number of aromatic nitrogens is 4. The Kier molecular flexibility index (Phi) is 3.57. The third-order valence-corrected chi connectivity index (χ3v) is 2.95. The number of aryl methyl sites for hydroxylation is 1. The second kappa shape index (κ2) is 5.14. The van der Waals surface area contributed by atoms with Gasteiger partial charge in [0.1, 0.15) is 6.54 Å². The third kappa shape index (κ3) is 2.65. The van der Waals surface area contributed by atoms with Crippen molar-refractivity contribution < 1.29 is 4.79 Å². The Hall–Kier alpha value is -1.95. The van der Waals surface area contributed by atoms with Gasteiger partial charge < -0.3 is 0 Å². The Labute approximate surface area is 109 Å². The number of anilines is 1. The average Bonchev–Trinajstić information content (AvgIpc) is 2.58. The van der Waals surface area contributed by atoms with Crippen molar-refractivity contribution in [2.24, 2.45) is 0 Å². The van der Waals surface area contributed by atoms with Crippen molar-refractivity contribution >= 4 is 23.5 Å². The first-order valence-corrected chi connectivity index (χ1v) is 5.72. The van der Waals surface area contributed by atoms with Crippen LogP contribution in [-0.4, -0.2) is 25.7 Å². The van der Waals surface area contributed by atoms with Crippen molar-refractivity contribution in [2.75, 3.05) is 5.32 Å². The van der Waals surface area contributed by atoms with Crippen LogP contribution in [0.3, 0.4) is 0 Å². The molecule has 0 aliphatic rings. The van der Waals surface area contributed by atoms with E-state index in [1.54, 1.807) is 30.1 Å². The van der Waals surface area contributed by atoms with Gasteiger partial charge in [-0.05, 0) is 19.9 Å². The zero-order valence-corrected chi connectivity index (χ0v) is 10.8. The van der Waals surface area contributed by atoms with E-state index in [4.69, 9.17) is 11.6 Å². The first kappa shape index (κ1) is 12.5. The topological polar surface area (TPSA) is 72.7 Å². The molecule has 1 N–H and O–H groups in total. The lowest BCUT2D eigenvalue weighted by molar-refractivity contribution is -0.117. The van der Waals surface area contributed by atoms with Gasteiger partial charge >= 0.3 is 0 Å². The van der Waals surface area contributed by atoms with Crippen molar-refractivity contribution in [1.82, 2.24) is 19.7 Å². The molecule has 2 heterocycles. The van der Waals surface area contributed by atoms with Crippen LogP contribution in [0, 0.1) is 13.8 Å². The molecule has 0 saturated carbocycles. The van der Waals surface area contributed by atoms with Crippen LogP contribution in [0.25, 0.3) is 0 Å². The molecule has 94 valence electrons. The van der Waals surface area contributed by atoms with Crippen LogP contribution in [0.4, 0.5) is 5.95 Å². The van der Waals surface area contributed by atoms with Gasteiger partial charge in [-0.3, -0.25) is 14.8 Å². The maximum Gasteiger partial charge on any atom is 0.248 e. The fourth-order valence-electron chi connectivity index (χ4n) is 1.49. The van der Waals surface area contributed by atoms with Gasteiger partial charge in [-0.1, -0.05) is 11.6 Å².